The van der Waals surface area contributed by atoms with E-state index in [4.69, 9.17) is 5.11 Å². The lowest BCUT2D eigenvalue weighted by Crippen LogP contribution is -2.41. The van der Waals surface area contributed by atoms with Crippen LogP contribution in [0.5, 0.6) is 0 Å². The maximum Gasteiger partial charge on any atom is 0.304 e. The van der Waals surface area contributed by atoms with Crippen LogP contribution >= 0.6 is 0 Å². The van der Waals surface area contributed by atoms with E-state index in [1.165, 1.54) is 6.42 Å². The first-order chi connectivity index (χ1) is 9.15. The van der Waals surface area contributed by atoms with Gasteiger partial charge in [0.1, 0.15) is 0 Å². The van der Waals surface area contributed by atoms with Crippen molar-refractivity contribution in [3.8, 4) is 0 Å². The van der Waals surface area contributed by atoms with Crippen LogP contribution in [0.15, 0.2) is 0 Å². The molecule has 2 aliphatic rings. The normalized spacial score (nSPS) is 21.9. The fraction of sp³-hybridized carbons (Fsp3) is 0.857. The topological polar surface area (TPSA) is 69.6 Å². The van der Waals surface area contributed by atoms with Crippen LogP contribution < -0.4 is 5.32 Å². The quantitative estimate of drug-likeness (QED) is 0.756. The van der Waals surface area contributed by atoms with E-state index in [2.05, 4.69) is 10.2 Å². The van der Waals surface area contributed by atoms with Crippen molar-refractivity contribution in [3.05, 3.63) is 0 Å². The fourth-order valence-corrected chi connectivity index (χ4v) is 2.73. The second-order valence-corrected chi connectivity index (χ2v) is 5.80. The Morgan fingerprint density at radius 2 is 1.84 bits per heavy atom. The van der Waals surface area contributed by atoms with Gasteiger partial charge in [0.25, 0.3) is 0 Å². The molecule has 1 aliphatic heterocycles. The van der Waals surface area contributed by atoms with Gasteiger partial charge in [-0.3, -0.25) is 9.59 Å². The Morgan fingerprint density at radius 3 is 2.37 bits per heavy atom. The number of carbonyl (C=O) groups is 2. The van der Waals surface area contributed by atoms with Crippen molar-refractivity contribution in [1.82, 2.24) is 10.2 Å². The molecule has 0 unspecified atom stereocenters. The van der Waals surface area contributed by atoms with Gasteiger partial charge in [0.05, 0.1) is 6.42 Å². The zero-order chi connectivity index (χ0) is 13.7. The number of aliphatic carboxylic acids is 1. The Morgan fingerprint density at radius 1 is 1.16 bits per heavy atom. The first-order valence-electron chi connectivity index (χ1n) is 7.37. The van der Waals surface area contributed by atoms with E-state index in [1.54, 1.807) is 0 Å². The van der Waals surface area contributed by atoms with Crippen molar-refractivity contribution in [2.75, 3.05) is 26.2 Å². The van der Waals surface area contributed by atoms with Gasteiger partial charge in [-0.05, 0) is 44.7 Å². The minimum absolute atomic E-state index is 0.225. The van der Waals surface area contributed by atoms with Crippen LogP contribution in [-0.4, -0.2) is 48.1 Å². The average molecular weight is 268 g/mol. The van der Waals surface area contributed by atoms with Crippen molar-refractivity contribution >= 4 is 11.9 Å². The van der Waals surface area contributed by atoms with Gasteiger partial charge in [0.15, 0.2) is 0 Å². The summed E-state index contributed by atoms with van der Waals surface area (Å²) in [4.78, 5) is 24.4. The predicted octanol–water partition coefficient (Wildman–Crippen LogP) is 1.09. The molecule has 5 nitrogen and oxygen atoms in total. The second kappa shape index (κ2) is 6.89. The third kappa shape index (κ3) is 4.49. The van der Waals surface area contributed by atoms with Gasteiger partial charge in [-0.2, -0.15) is 0 Å². The number of piperidine rings is 1. The average Bonchev–Trinajstić information content (AvgIpc) is 2.33. The Labute approximate surface area is 114 Å². The number of nitrogens with zero attached hydrogens (tertiary/aromatic N) is 1. The molecule has 5 heteroatoms. The minimum Gasteiger partial charge on any atom is -0.481 e. The Balaban J connectivity index is 1.57. The summed E-state index contributed by atoms with van der Waals surface area (Å²) < 4.78 is 0. The number of hydrogen-bond donors (Lipinski definition) is 2. The number of likely N-dealkylation sites (tertiary alicyclic amines) is 1. The number of carboxylic acid groups (broad SMARTS) is 1. The van der Waals surface area contributed by atoms with Crippen LogP contribution in [0.2, 0.25) is 0 Å². The molecule has 2 N–H and O–H groups in total. The number of amides is 1. The maximum absolute atomic E-state index is 11.7. The van der Waals surface area contributed by atoms with Gasteiger partial charge < -0.3 is 15.3 Å². The van der Waals surface area contributed by atoms with E-state index in [0.29, 0.717) is 12.5 Å². The molecule has 1 aliphatic carbocycles. The summed E-state index contributed by atoms with van der Waals surface area (Å²) in [5, 5.41) is 11.7. The molecule has 19 heavy (non-hydrogen) atoms. The Hall–Kier alpha value is -1.10. The summed E-state index contributed by atoms with van der Waals surface area (Å²) in [7, 11) is 0. The van der Waals surface area contributed by atoms with Gasteiger partial charge in [0, 0.05) is 19.0 Å². The van der Waals surface area contributed by atoms with Crippen LogP contribution in [0.4, 0.5) is 0 Å². The van der Waals surface area contributed by atoms with Crippen LogP contribution in [-0.2, 0) is 9.59 Å². The zero-order valence-corrected chi connectivity index (χ0v) is 11.4. The lowest BCUT2D eigenvalue weighted by Gasteiger charge is -2.32. The number of carboxylic acids is 1. The van der Waals surface area contributed by atoms with Crippen molar-refractivity contribution in [2.24, 2.45) is 11.8 Å². The third-order valence-corrected chi connectivity index (χ3v) is 4.39. The molecule has 2 fully saturated rings. The monoisotopic (exact) mass is 268 g/mol. The summed E-state index contributed by atoms with van der Waals surface area (Å²) in [5.41, 5.74) is 0. The second-order valence-electron chi connectivity index (χ2n) is 5.80. The highest BCUT2D eigenvalue weighted by atomic mass is 16.4. The molecule has 2 rings (SSSR count). The third-order valence-electron chi connectivity index (χ3n) is 4.39. The predicted molar refractivity (Wildman–Crippen MR) is 71.8 cm³/mol. The SMILES string of the molecule is O=C(O)CCN1CCC(CNC(=O)C2CCC2)CC1. The lowest BCUT2D eigenvalue weighted by molar-refractivity contribution is -0.137. The highest BCUT2D eigenvalue weighted by molar-refractivity contribution is 5.79. The van der Waals surface area contributed by atoms with Gasteiger partial charge in [-0.1, -0.05) is 6.42 Å². The number of carbonyl (C=O) groups excluding carboxylic acids is 1. The molecular formula is C14H24N2O3. The molecule has 108 valence electrons. The van der Waals surface area contributed by atoms with E-state index in [1.807, 2.05) is 0 Å². The number of hydrogen-bond acceptors (Lipinski definition) is 3. The fourth-order valence-electron chi connectivity index (χ4n) is 2.73. The summed E-state index contributed by atoms with van der Waals surface area (Å²) in [6.45, 7) is 3.35. The van der Waals surface area contributed by atoms with Gasteiger partial charge in [-0.15, -0.1) is 0 Å². The number of nitrogens with one attached hydrogen (secondary N) is 1. The smallest absolute Gasteiger partial charge is 0.304 e. The molecule has 1 saturated heterocycles. The number of rotatable bonds is 6. The Kier molecular flexibility index (Phi) is 5.19. The summed E-state index contributed by atoms with van der Waals surface area (Å²) in [6.07, 6.45) is 5.65. The van der Waals surface area contributed by atoms with E-state index in [-0.39, 0.29) is 18.2 Å². The molecule has 0 spiro atoms. The van der Waals surface area contributed by atoms with Crippen molar-refractivity contribution in [1.29, 1.82) is 0 Å². The van der Waals surface area contributed by atoms with E-state index in [0.717, 1.165) is 45.3 Å². The highest BCUT2D eigenvalue weighted by Crippen LogP contribution is 2.26. The first-order valence-corrected chi connectivity index (χ1v) is 7.37. The molecule has 1 amide bonds. The van der Waals surface area contributed by atoms with E-state index < -0.39 is 5.97 Å². The molecule has 0 aromatic heterocycles. The van der Waals surface area contributed by atoms with Gasteiger partial charge in [-0.25, -0.2) is 0 Å². The van der Waals surface area contributed by atoms with Crippen molar-refractivity contribution in [3.63, 3.8) is 0 Å². The van der Waals surface area contributed by atoms with E-state index in [9.17, 15) is 9.59 Å². The standard InChI is InChI=1S/C14H24N2O3/c17-13(18)6-9-16-7-4-11(5-8-16)10-15-14(19)12-2-1-3-12/h11-12H,1-10H2,(H,15,19)(H,17,18). The van der Waals surface area contributed by atoms with Crippen LogP contribution in [0, 0.1) is 11.8 Å². The molecule has 0 aromatic rings. The molecule has 0 bridgehead atoms. The van der Waals surface area contributed by atoms with Gasteiger partial charge in [0.2, 0.25) is 5.91 Å². The van der Waals surface area contributed by atoms with Crippen molar-refractivity contribution in [2.45, 2.75) is 38.5 Å². The highest BCUT2D eigenvalue weighted by Gasteiger charge is 2.26. The molecule has 1 saturated carbocycles. The first kappa shape index (κ1) is 14.3. The summed E-state index contributed by atoms with van der Waals surface area (Å²) >= 11 is 0. The summed E-state index contributed by atoms with van der Waals surface area (Å²) in [6, 6.07) is 0. The summed E-state index contributed by atoms with van der Waals surface area (Å²) in [5.74, 6) is 0.343. The van der Waals surface area contributed by atoms with Crippen molar-refractivity contribution < 1.29 is 14.7 Å². The molecule has 0 radical (unpaired) electrons. The Bertz CT molecular complexity index is 321. The molecular weight excluding hydrogens is 244 g/mol. The van der Waals surface area contributed by atoms with Gasteiger partial charge >= 0.3 is 5.97 Å². The largest absolute Gasteiger partial charge is 0.481 e. The van der Waals surface area contributed by atoms with Crippen LogP contribution in [0.25, 0.3) is 0 Å². The van der Waals surface area contributed by atoms with E-state index >= 15 is 0 Å². The lowest BCUT2D eigenvalue weighted by atomic mass is 9.84. The van der Waals surface area contributed by atoms with Crippen LogP contribution in [0.3, 0.4) is 0 Å². The molecule has 0 atom stereocenters. The minimum atomic E-state index is -0.727. The van der Waals surface area contributed by atoms with Crippen LogP contribution in [0.1, 0.15) is 38.5 Å². The maximum atomic E-state index is 11.7. The molecule has 0 aromatic carbocycles. The molecule has 1 heterocycles. The zero-order valence-electron chi connectivity index (χ0n) is 11.4.